The summed E-state index contributed by atoms with van der Waals surface area (Å²) in [5, 5.41) is 0. The molecule has 0 saturated heterocycles. The number of hydrogen-bond acceptors (Lipinski definition) is 6. The van der Waals surface area contributed by atoms with Crippen LogP contribution >= 0.6 is 0 Å². The molecule has 0 fully saturated rings. The van der Waals surface area contributed by atoms with Crippen molar-refractivity contribution >= 4 is 17.9 Å². The zero-order valence-electron chi connectivity index (χ0n) is 41.3. The summed E-state index contributed by atoms with van der Waals surface area (Å²) in [6.07, 6.45) is 64.5. The second kappa shape index (κ2) is 51.5. The van der Waals surface area contributed by atoms with Gasteiger partial charge in [-0.25, -0.2) is 0 Å². The minimum absolute atomic E-state index is 0.0952. The molecule has 0 saturated carbocycles. The van der Waals surface area contributed by atoms with Gasteiger partial charge in [0.2, 0.25) is 0 Å². The van der Waals surface area contributed by atoms with E-state index in [4.69, 9.17) is 14.2 Å². The summed E-state index contributed by atoms with van der Waals surface area (Å²) in [5.41, 5.74) is 0. The second-order valence-corrected chi connectivity index (χ2v) is 17.4. The average molecular weight is 879 g/mol. The van der Waals surface area contributed by atoms with Crippen LogP contribution in [0.4, 0.5) is 0 Å². The van der Waals surface area contributed by atoms with Crippen LogP contribution in [0.3, 0.4) is 0 Å². The van der Waals surface area contributed by atoms with Gasteiger partial charge in [-0.1, -0.05) is 209 Å². The summed E-state index contributed by atoms with van der Waals surface area (Å²) < 4.78 is 16.8. The molecule has 0 aromatic rings. The molecule has 0 amide bonds. The van der Waals surface area contributed by atoms with Crippen LogP contribution in [0.5, 0.6) is 0 Å². The highest BCUT2D eigenvalue weighted by molar-refractivity contribution is 5.71. The molecule has 6 heteroatoms. The number of unbranched alkanes of at least 4 members (excludes halogenated alkanes) is 24. The molecular formula is C57H98O6. The lowest BCUT2D eigenvalue weighted by Gasteiger charge is -2.18. The van der Waals surface area contributed by atoms with Gasteiger partial charge >= 0.3 is 17.9 Å². The van der Waals surface area contributed by atoms with Crippen molar-refractivity contribution in [2.75, 3.05) is 13.2 Å². The Morgan fingerprint density at radius 2 is 0.571 bits per heavy atom. The van der Waals surface area contributed by atoms with E-state index in [2.05, 4.69) is 93.7 Å². The number of carbonyl (C=O) groups is 3. The zero-order valence-corrected chi connectivity index (χ0v) is 41.3. The Hall–Kier alpha value is -3.15. The molecule has 0 aliphatic heterocycles. The Balaban J connectivity index is 4.48. The first-order valence-electron chi connectivity index (χ1n) is 26.4. The monoisotopic (exact) mass is 879 g/mol. The van der Waals surface area contributed by atoms with Crippen molar-refractivity contribution in [3.05, 3.63) is 72.9 Å². The van der Waals surface area contributed by atoms with Gasteiger partial charge in [0.15, 0.2) is 6.10 Å². The predicted octanol–water partition coefficient (Wildman–Crippen LogP) is 17.4. The second-order valence-electron chi connectivity index (χ2n) is 17.4. The first-order valence-corrected chi connectivity index (χ1v) is 26.4. The molecule has 0 aromatic carbocycles. The molecule has 6 nitrogen and oxygen atoms in total. The van der Waals surface area contributed by atoms with Gasteiger partial charge in [-0.2, -0.15) is 0 Å². The molecule has 0 heterocycles. The van der Waals surface area contributed by atoms with Crippen molar-refractivity contribution < 1.29 is 28.6 Å². The standard InChI is InChI=1S/C57H98O6/c1-4-7-10-13-16-19-22-25-27-28-30-33-36-39-42-45-48-51-57(60)63-54(52-61-55(58)49-46-43-40-37-34-31-24-21-18-15-12-9-6-3)53-62-56(59)50-47-44-41-38-35-32-29-26-23-20-17-14-11-8-5-2/h16-17,19-20,25-27,29-30,33,35,38,54H,4-15,18,21-24,28,31-32,34,36-37,39-53H2,1-3H3/b19-16-,20-17-,27-25-,29-26-,33-30-,38-35-/t54-/m0/s1. The van der Waals surface area contributed by atoms with Crippen LogP contribution < -0.4 is 0 Å². The Labute approximate surface area is 389 Å². The molecule has 0 aromatic heterocycles. The highest BCUT2D eigenvalue weighted by atomic mass is 16.6. The first-order chi connectivity index (χ1) is 31.0. The maximum absolute atomic E-state index is 12.8. The lowest BCUT2D eigenvalue weighted by atomic mass is 10.0. The van der Waals surface area contributed by atoms with Crippen LogP contribution in [-0.4, -0.2) is 37.2 Å². The number of carbonyl (C=O) groups excluding carboxylic acids is 3. The smallest absolute Gasteiger partial charge is 0.306 e. The number of allylic oxidation sites excluding steroid dienone is 12. The van der Waals surface area contributed by atoms with Crippen LogP contribution in [-0.2, 0) is 28.6 Å². The van der Waals surface area contributed by atoms with Crippen molar-refractivity contribution in [3.8, 4) is 0 Å². The van der Waals surface area contributed by atoms with Crippen LogP contribution in [0.15, 0.2) is 72.9 Å². The van der Waals surface area contributed by atoms with E-state index in [1.807, 2.05) is 0 Å². The van der Waals surface area contributed by atoms with E-state index in [1.165, 1.54) is 116 Å². The van der Waals surface area contributed by atoms with E-state index < -0.39 is 6.10 Å². The largest absolute Gasteiger partial charge is 0.462 e. The van der Waals surface area contributed by atoms with E-state index in [1.54, 1.807) is 0 Å². The van der Waals surface area contributed by atoms with Crippen molar-refractivity contribution in [1.82, 2.24) is 0 Å². The molecule has 0 radical (unpaired) electrons. The predicted molar refractivity (Wildman–Crippen MR) is 270 cm³/mol. The fraction of sp³-hybridized carbons (Fsp3) is 0.737. The molecule has 0 rings (SSSR count). The Bertz CT molecular complexity index is 1190. The first kappa shape index (κ1) is 59.9. The van der Waals surface area contributed by atoms with E-state index in [9.17, 15) is 14.4 Å². The van der Waals surface area contributed by atoms with Gasteiger partial charge in [-0.05, 0) is 96.3 Å². The summed E-state index contributed by atoms with van der Waals surface area (Å²) in [7, 11) is 0. The molecule has 0 unspecified atom stereocenters. The molecule has 0 aliphatic rings. The zero-order chi connectivity index (χ0) is 45.8. The van der Waals surface area contributed by atoms with Gasteiger partial charge in [0.1, 0.15) is 13.2 Å². The molecule has 362 valence electrons. The lowest BCUT2D eigenvalue weighted by molar-refractivity contribution is -0.167. The number of hydrogen-bond donors (Lipinski definition) is 0. The third kappa shape index (κ3) is 49.7. The third-order valence-corrected chi connectivity index (χ3v) is 11.2. The van der Waals surface area contributed by atoms with Crippen molar-refractivity contribution in [3.63, 3.8) is 0 Å². The quantitative estimate of drug-likeness (QED) is 0.0262. The number of rotatable bonds is 47. The molecule has 1 atom stereocenters. The minimum Gasteiger partial charge on any atom is -0.462 e. The molecule has 0 spiro atoms. The van der Waals surface area contributed by atoms with Crippen LogP contribution in [0.2, 0.25) is 0 Å². The molecule has 0 N–H and O–H groups in total. The van der Waals surface area contributed by atoms with Crippen LogP contribution in [0.25, 0.3) is 0 Å². The normalized spacial score (nSPS) is 12.6. The Morgan fingerprint density at radius 1 is 0.317 bits per heavy atom. The third-order valence-electron chi connectivity index (χ3n) is 11.2. The Morgan fingerprint density at radius 3 is 0.952 bits per heavy atom. The van der Waals surface area contributed by atoms with Crippen LogP contribution in [0.1, 0.15) is 252 Å². The maximum Gasteiger partial charge on any atom is 0.306 e. The highest BCUT2D eigenvalue weighted by Gasteiger charge is 2.19. The fourth-order valence-corrected chi connectivity index (χ4v) is 7.16. The fourth-order valence-electron chi connectivity index (χ4n) is 7.16. The van der Waals surface area contributed by atoms with Crippen molar-refractivity contribution in [1.29, 1.82) is 0 Å². The summed E-state index contributed by atoms with van der Waals surface area (Å²) in [6, 6.07) is 0. The van der Waals surface area contributed by atoms with E-state index in [0.717, 1.165) is 96.3 Å². The lowest BCUT2D eigenvalue weighted by Crippen LogP contribution is -2.30. The SMILES string of the molecule is CCCCC/C=C\C/C=C\C/C=C\CCCCCCC(=O)O[C@H](COC(=O)CCCC/C=C\C/C=C\C/C=C\CCCCC)COC(=O)CCCCCCCCCCCCCCC. The molecule has 0 aliphatic carbocycles. The maximum atomic E-state index is 12.8. The summed E-state index contributed by atoms with van der Waals surface area (Å²) in [5.74, 6) is -0.954. The highest BCUT2D eigenvalue weighted by Crippen LogP contribution is 2.14. The minimum atomic E-state index is -0.800. The van der Waals surface area contributed by atoms with Gasteiger partial charge in [0.25, 0.3) is 0 Å². The van der Waals surface area contributed by atoms with Gasteiger partial charge in [-0.15, -0.1) is 0 Å². The van der Waals surface area contributed by atoms with Gasteiger partial charge in [0.05, 0.1) is 0 Å². The molecular weight excluding hydrogens is 781 g/mol. The summed E-state index contributed by atoms with van der Waals surface area (Å²) in [6.45, 7) is 6.53. The van der Waals surface area contributed by atoms with Gasteiger partial charge in [0, 0.05) is 19.3 Å². The number of esters is 3. The van der Waals surface area contributed by atoms with Crippen LogP contribution in [0, 0.1) is 0 Å². The van der Waals surface area contributed by atoms with Crippen molar-refractivity contribution in [2.45, 2.75) is 258 Å². The molecule has 63 heavy (non-hydrogen) atoms. The topological polar surface area (TPSA) is 78.9 Å². The van der Waals surface area contributed by atoms with E-state index in [0.29, 0.717) is 19.3 Å². The number of ether oxygens (including phenoxy) is 3. The van der Waals surface area contributed by atoms with Gasteiger partial charge in [-0.3, -0.25) is 14.4 Å². The van der Waals surface area contributed by atoms with E-state index in [-0.39, 0.29) is 31.1 Å². The van der Waals surface area contributed by atoms with E-state index >= 15 is 0 Å². The average Bonchev–Trinajstić information content (AvgIpc) is 3.28. The Kier molecular flexibility index (Phi) is 48.9. The summed E-state index contributed by atoms with van der Waals surface area (Å²) in [4.78, 5) is 38.0. The summed E-state index contributed by atoms with van der Waals surface area (Å²) >= 11 is 0. The van der Waals surface area contributed by atoms with Gasteiger partial charge < -0.3 is 14.2 Å². The molecule has 0 bridgehead atoms. The van der Waals surface area contributed by atoms with Crippen molar-refractivity contribution in [2.24, 2.45) is 0 Å².